The molecule has 0 aromatic rings. The fraction of sp³-hybridized carbons (Fsp3) is 0.923. The lowest BCUT2D eigenvalue weighted by atomic mass is 10.1. The number of ether oxygens (including phenoxy) is 1. The van der Waals surface area contributed by atoms with E-state index in [1.54, 1.807) is 0 Å². The summed E-state index contributed by atoms with van der Waals surface area (Å²) in [5.74, 6) is 2.60. The number of hydrogen-bond donors (Lipinski definition) is 1. The van der Waals surface area contributed by atoms with Crippen LogP contribution in [-0.2, 0) is 4.74 Å². The molecule has 0 aliphatic rings. The molecule has 1 amide bonds. The first-order valence-electron chi connectivity index (χ1n) is 6.31. The van der Waals surface area contributed by atoms with Gasteiger partial charge in [0.1, 0.15) is 5.60 Å². The Morgan fingerprint density at radius 2 is 1.94 bits per heavy atom. The molecule has 1 N–H and O–H groups in total. The quantitative estimate of drug-likeness (QED) is 0.792. The van der Waals surface area contributed by atoms with E-state index in [1.807, 2.05) is 32.5 Å². The first-order valence-corrected chi connectivity index (χ1v) is 7.47. The van der Waals surface area contributed by atoms with E-state index in [1.165, 1.54) is 0 Å². The third-order valence-electron chi connectivity index (χ3n) is 2.00. The molecule has 3 nitrogen and oxygen atoms in total. The van der Waals surface area contributed by atoms with E-state index in [4.69, 9.17) is 4.74 Å². The Labute approximate surface area is 110 Å². The first-order chi connectivity index (χ1) is 7.74. The van der Waals surface area contributed by atoms with Gasteiger partial charge in [-0.25, -0.2) is 4.79 Å². The minimum Gasteiger partial charge on any atom is -0.444 e. The fourth-order valence-electron chi connectivity index (χ4n) is 1.47. The highest BCUT2D eigenvalue weighted by molar-refractivity contribution is 7.99. The normalized spacial score (nSPS) is 13.6. The van der Waals surface area contributed by atoms with Crippen molar-refractivity contribution in [1.29, 1.82) is 0 Å². The Hall–Kier alpha value is -0.380. The molecule has 0 saturated heterocycles. The highest BCUT2D eigenvalue weighted by Crippen LogP contribution is 2.12. The molecule has 4 heteroatoms. The lowest BCUT2D eigenvalue weighted by Gasteiger charge is -2.24. The van der Waals surface area contributed by atoms with Crippen LogP contribution in [-0.4, -0.2) is 29.2 Å². The summed E-state index contributed by atoms with van der Waals surface area (Å²) in [5, 5.41) is 2.96. The molecule has 0 spiro atoms. The van der Waals surface area contributed by atoms with Gasteiger partial charge in [-0.15, -0.1) is 0 Å². The van der Waals surface area contributed by atoms with E-state index in [2.05, 4.69) is 26.1 Å². The second-order valence-electron chi connectivity index (χ2n) is 5.63. The fourth-order valence-corrected chi connectivity index (χ4v) is 2.21. The van der Waals surface area contributed by atoms with Gasteiger partial charge in [0.2, 0.25) is 0 Å². The average molecular weight is 261 g/mol. The summed E-state index contributed by atoms with van der Waals surface area (Å²) in [7, 11) is 0. The zero-order valence-corrected chi connectivity index (χ0v) is 12.8. The first kappa shape index (κ1) is 16.6. The Morgan fingerprint density at radius 3 is 2.35 bits per heavy atom. The highest BCUT2D eigenvalue weighted by atomic mass is 32.2. The molecule has 0 aromatic heterocycles. The molecule has 0 saturated carbocycles. The van der Waals surface area contributed by atoms with Crippen LogP contribution in [0.25, 0.3) is 0 Å². The lowest BCUT2D eigenvalue weighted by Crippen LogP contribution is -2.41. The molecule has 0 aromatic carbocycles. The van der Waals surface area contributed by atoms with Crippen LogP contribution < -0.4 is 5.32 Å². The summed E-state index contributed by atoms with van der Waals surface area (Å²) in [5.41, 5.74) is -0.426. The van der Waals surface area contributed by atoms with Crippen LogP contribution in [0.15, 0.2) is 0 Å². The topological polar surface area (TPSA) is 38.3 Å². The summed E-state index contributed by atoms with van der Waals surface area (Å²) in [4.78, 5) is 11.7. The zero-order valence-electron chi connectivity index (χ0n) is 12.0. The van der Waals surface area contributed by atoms with Crippen LogP contribution in [0, 0.1) is 5.92 Å². The van der Waals surface area contributed by atoms with Crippen LogP contribution in [0.5, 0.6) is 0 Å². The van der Waals surface area contributed by atoms with E-state index >= 15 is 0 Å². The molecule has 0 fully saturated rings. The predicted octanol–water partition coefficient (Wildman–Crippen LogP) is 3.68. The number of nitrogens with one attached hydrogen (secondary N) is 1. The molecule has 0 aliphatic heterocycles. The number of rotatable bonds is 6. The number of thioether (sulfide) groups is 1. The number of carbonyl (C=O) groups excluding carboxylic acids is 1. The largest absolute Gasteiger partial charge is 0.444 e. The number of amides is 1. The van der Waals surface area contributed by atoms with E-state index in [9.17, 15) is 4.79 Å². The van der Waals surface area contributed by atoms with E-state index < -0.39 is 5.60 Å². The van der Waals surface area contributed by atoms with Gasteiger partial charge in [0.05, 0.1) is 0 Å². The van der Waals surface area contributed by atoms with Gasteiger partial charge in [-0.05, 0) is 38.9 Å². The van der Waals surface area contributed by atoms with Crippen LogP contribution in [0.4, 0.5) is 4.79 Å². The van der Waals surface area contributed by atoms with Crippen LogP contribution in [0.3, 0.4) is 0 Å². The monoisotopic (exact) mass is 261 g/mol. The average Bonchev–Trinajstić information content (AvgIpc) is 2.09. The number of carbonyl (C=O) groups is 1. The van der Waals surface area contributed by atoms with E-state index in [-0.39, 0.29) is 12.1 Å². The van der Waals surface area contributed by atoms with Crippen molar-refractivity contribution in [2.24, 2.45) is 5.92 Å². The molecule has 17 heavy (non-hydrogen) atoms. The van der Waals surface area contributed by atoms with Gasteiger partial charge >= 0.3 is 6.09 Å². The zero-order chi connectivity index (χ0) is 13.5. The van der Waals surface area contributed by atoms with Crippen molar-refractivity contribution in [3.8, 4) is 0 Å². The van der Waals surface area contributed by atoms with Crippen molar-refractivity contribution >= 4 is 17.9 Å². The lowest BCUT2D eigenvalue weighted by molar-refractivity contribution is 0.0505. The molecule has 0 rings (SSSR count). The van der Waals surface area contributed by atoms with Crippen molar-refractivity contribution in [3.05, 3.63) is 0 Å². The van der Waals surface area contributed by atoms with E-state index in [0.29, 0.717) is 5.92 Å². The van der Waals surface area contributed by atoms with Gasteiger partial charge in [0.25, 0.3) is 0 Å². The van der Waals surface area contributed by atoms with Gasteiger partial charge in [-0.1, -0.05) is 20.8 Å². The van der Waals surface area contributed by atoms with Crippen molar-refractivity contribution in [2.45, 2.75) is 59.6 Å². The molecule has 0 radical (unpaired) electrons. The maximum Gasteiger partial charge on any atom is 0.407 e. The summed E-state index contributed by atoms with van der Waals surface area (Å²) >= 11 is 1.85. The standard InChI is InChI=1S/C13H27NO2S/c1-7-17-9-11(8-10(2)3)14-12(15)16-13(4,5)6/h10-11H,7-9H2,1-6H3,(H,14,15). The van der Waals surface area contributed by atoms with Gasteiger partial charge in [-0.3, -0.25) is 0 Å². The number of hydrogen-bond acceptors (Lipinski definition) is 3. The van der Waals surface area contributed by atoms with Gasteiger partial charge in [0, 0.05) is 11.8 Å². The smallest absolute Gasteiger partial charge is 0.407 e. The van der Waals surface area contributed by atoms with Gasteiger partial charge in [-0.2, -0.15) is 11.8 Å². The van der Waals surface area contributed by atoms with Crippen molar-refractivity contribution < 1.29 is 9.53 Å². The molecule has 0 heterocycles. The Bertz CT molecular complexity index is 224. The second-order valence-corrected chi connectivity index (χ2v) is 6.95. The summed E-state index contributed by atoms with van der Waals surface area (Å²) in [6, 6.07) is 0.204. The Kier molecular flexibility index (Phi) is 7.68. The molecule has 1 atom stereocenters. The third-order valence-corrected chi connectivity index (χ3v) is 3.05. The molecule has 102 valence electrons. The second kappa shape index (κ2) is 7.85. The van der Waals surface area contributed by atoms with Crippen molar-refractivity contribution in [1.82, 2.24) is 5.32 Å². The SMILES string of the molecule is CCSCC(CC(C)C)NC(=O)OC(C)(C)C. The van der Waals surface area contributed by atoms with Crippen LogP contribution in [0.2, 0.25) is 0 Å². The maximum atomic E-state index is 11.7. The van der Waals surface area contributed by atoms with Crippen molar-refractivity contribution in [3.63, 3.8) is 0 Å². The molecular formula is C13H27NO2S. The third kappa shape index (κ3) is 10.5. The summed E-state index contributed by atoms with van der Waals surface area (Å²) in [6.07, 6.45) is 0.687. The molecule has 0 bridgehead atoms. The minimum absolute atomic E-state index is 0.204. The maximum absolute atomic E-state index is 11.7. The summed E-state index contributed by atoms with van der Waals surface area (Å²) in [6.45, 7) is 12.1. The van der Waals surface area contributed by atoms with E-state index in [0.717, 1.165) is 17.9 Å². The van der Waals surface area contributed by atoms with Crippen LogP contribution >= 0.6 is 11.8 Å². The molecular weight excluding hydrogens is 234 g/mol. The van der Waals surface area contributed by atoms with Crippen molar-refractivity contribution in [2.75, 3.05) is 11.5 Å². The van der Waals surface area contributed by atoms with Crippen LogP contribution in [0.1, 0.15) is 48.0 Å². The highest BCUT2D eigenvalue weighted by Gasteiger charge is 2.19. The predicted molar refractivity (Wildman–Crippen MR) is 75.6 cm³/mol. The van der Waals surface area contributed by atoms with Gasteiger partial charge in [0.15, 0.2) is 0 Å². The minimum atomic E-state index is -0.426. The molecule has 1 unspecified atom stereocenters. The number of alkyl carbamates (subject to hydrolysis) is 1. The molecule has 0 aliphatic carbocycles. The van der Waals surface area contributed by atoms with Gasteiger partial charge < -0.3 is 10.1 Å². The summed E-state index contributed by atoms with van der Waals surface area (Å²) < 4.78 is 5.27. The Balaban J connectivity index is 4.17. The Morgan fingerprint density at radius 1 is 1.35 bits per heavy atom.